The smallest absolute Gasteiger partial charge is 0.251 e. The zero-order chi connectivity index (χ0) is 22.0. The van der Waals surface area contributed by atoms with Crippen molar-refractivity contribution in [3.05, 3.63) is 106 Å². The van der Waals surface area contributed by atoms with Gasteiger partial charge in [-0.05, 0) is 58.5 Å². The van der Waals surface area contributed by atoms with Crippen LogP contribution in [0, 0.1) is 10.3 Å². The molecule has 0 heterocycles. The molecular weight excluding hydrogens is 388 g/mol. The van der Waals surface area contributed by atoms with E-state index in [1.165, 1.54) is 6.08 Å². The van der Waals surface area contributed by atoms with Crippen molar-refractivity contribution in [3.63, 3.8) is 0 Å². The minimum absolute atomic E-state index is 0.0365. The molecule has 2 aliphatic rings. The number of benzene rings is 2. The van der Waals surface area contributed by atoms with Crippen LogP contribution in [0.1, 0.15) is 26.7 Å². The summed E-state index contributed by atoms with van der Waals surface area (Å²) in [6.07, 6.45) is 6.18. The standard InChI is InChI=1S/C26H24N2O3/c1-26(2)21-15-16-23(29)24(28-31)22(26)10-6-9-20(21)25(30)27-19-13-11-18(12-14-19)17-7-4-3-5-8-17/h3-5,7-8,10-16,29H,6,9H2,1-2H3,(H,27,30). The number of fused-ring (bicyclic) bond motifs is 2. The van der Waals surface area contributed by atoms with Crippen LogP contribution in [-0.4, -0.2) is 11.0 Å². The van der Waals surface area contributed by atoms with E-state index < -0.39 is 5.41 Å². The molecule has 156 valence electrons. The second-order valence-electron chi connectivity index (χ2n) is 8.23. The van der Waals surface area contributed by atoms with Crippen LogP contribution in [0.15, 0.2) is 106 Å². The Balaban J connectivity index is 1.63. The highest BCUT2D eigenvalue weighted by atomic mass is 16.3. The van der Waals surface area contributed by atoms with E-state index in [0.717, 1.165) is 16.7 Å². The third-order valence-corrected chi connectivity index (χ3v) is 5.94. The van der Waals surface area contributed by atoms with Crippen molar-refractivity contribution in [1.29, 1.82) is 0 Å². The molecule has 5 nitrogen and oxygen atoms in total. The van der Waals surface area contributed by atoms with E-state index in [1.54, 1.807) is 6.08 Å². The lowest BCUT2D eigenvalue weighted by Crippen LogP contribution is -2.23. The third-order valence-electron chi connectivity index (χ3n) is 5.94. The van der Waals surface area contributed by atoms with E-state index in [9.17, 15) is 14.8 Å². The number of hydrogen-bond donors (Lipinski definition) is 2. The number of rotatable bonds is 4. The number of hydrogen-bond acceptors (Lipinski definition) is 4. The maximum atomic E-state index is 13.2. The molecule has 2 N–H and O–H groups in total. The second-order valence-corrected chi connectivity index (χ2v) is 8.23. The van der Waals surface area contributed by atoms with E-state index in [2.05, 4.69) is 10.5 Å². The van der Waals surface area contributed by atoms with E-state index >= 15 is 0 Å². The molecule has 0 unspecified atom stereocenters. The summed E-state index contributed by atoms with van der Waals surface area (Å²) in [7, 11) is 0. The highest BCUT2D eigenvalue weighted by Crippen LogP contribution is 2.46. The van der Waals surface area contributed by atoms with Crippen molar-refractivity contribution in [2.75, 3.05) is 5.32 Å². The first kappa shape index (κ1) is 20.5. The lowest BCUT2D eigenvalue weighted by molar-refractivity contribution is -0.113. The summed E-state index contributed by atoms with van der Waals surface area (Å²) in [4.78, 5) is 24.6. The van der Waals surface area contributed by atoms with Crippen molar-refractivity contribution in [2.45, 2.75) is 26.7 Å². The molecule has 0 saturated carbocycles. The van der Waals surface area contributed by atoms with Gasteiger partial charge in [-0.15, -0.1) is 4.91 Å². The first-order valence-electron chi connectivity index (χ1n) is 10.3. The van der Waals surface area contributed by atoms with E-state index in [1.807, 2.05) is 74.5 Å². The Bertz CT molecular complexity index is 1150. The molecule has 2 aromatic rings. The number of anilines is 1. The second kappa shape index (κ2) is 8.19. The van der Waals surface area contributed by atoms with Crippen LogP contribution in [0.5, 0.6) is 0 Å². The highest BCUT2D eigenvalue weighted by molar-refractivity contribution is 6.05. The zero-order valence-electron chi connectivity index (χ0n) is 17.6. The number of aliphatic hydroxyl groups is 1. The van der Waals surface area contributed by atoms with E-state index in [-0.39, 0.29) is 17.4 Å². The van der Waals surface area contributed by atoms with Gasteiger partial charge < -0.3 is 10.4 Å². The topological polar surface area (TPSA) is 78.8 Å². The number of aliphatic hydroxyl groups excluding tert-OH is 1. The number of carbonyl (C=O) groups is 1. The quantitative estimate of drug-likeness (QED) is 0.567. The largest absolute Gasteiger partial charge is 0.506 e. The van der Waals surface area contributed by atoms with Gasteiger partial charge in [0.15, 0.2) is 5.70 Å². The van der Waals surface area contributed by atoms with Crippen molar-refractivity contribution in [2.24, 2.45) is 10.6 Å². The fraction of sp³-hybridized carbons (Fsp3) is 0.192. The third kappa shape index (κ3) is 3.87. The minimum Gasteiger partial charge on any atom is -0.506 e. The summed E-state index contributed by atoms with van der Waals surface area (Å²) >= 11 is 0. The van der Waals surface area contributed by atoms with Gasteiger partial charge in [0.25, 0.3) is 5.91 Å². The molecule has 0 radical (unpaired) electrons. The molecule has 0 saturated heterocycles. The van der Waals surface area contributed by atoms with E-state index in [0.29, 0.717) is 29.7 Å². The Kier molecular flexibility index (Phi) is 5.42. The molecule has 1 amide bonds. The Morgan fingerprint density at radius 2 is 1.68 bits per heavy atom. The summed E-state index contributed by atoms with van der Waals surface area (Å²) < 4.78 is 0. The lowest BCUT2D eigenvalue weighted by Gasteiger charge is -2.28. The van der Waals surface area contributed by atoms with Gasteiger partial charge >= 0.3 is 0 Å². The van der Waals surface area contributed by atoms with Gasteiger partial charge in [0.2, 0.25) is 0 Å². The van der Waals surface area contributed by atoms with Gasteiger partial charge in [0, 0.05) is 16.7 Å². The van der Waals surface area contributed by atoms with Crippen LogP contribution in [0.2, 0.25) is 0 Å². The maximum absolute atomic E-state index is 13.2. The molecule has 0 fully saturated rings. The van der Waals surface area contributed by atoms with Crippen LogP contribution >= 0.6 is 0 Å². The first-order chi connectivity index (χ1) is 14.9. The zero-order valence-corrected chi connectivity index (χ0v) is 17.6. The first-order valence-corrected chi connectivity index (χ1v) is 10.3. The molecule has 0 aliphatic heterocycles. The lowest BCUT2D eigenvalue weighted by atomic mass is 9.75. The van der Waals surface area contributed by atoms with Crippen LogP contribution < -0.4 is 5.32 Å². The Morgan fingerprint density at radius 1 is 1.00 bits per heavy atom. The maximum Gasteiger partial charge on any atom is 0.251 e. The van der Waals surface area contributed by atoms with Crippen LogP contribution in [0.25, 0.3) is 11.1 Å². The summed E-state index contributed by atoms with van der Waals surface area (Å²) in [5.74, 6) is -0.362. The van der Waals surface area contributed by atoms with Gasteiger partial charge in [0.05, 0.1) is 0 Å². The van der Waals surface area contributed by atoms with Crippen molar-refractivity contribution in [3.8, 4) is 11.1 Å². The molecule has 0 aromatic heterocycles. The number of nitrogens with one attached hydrogen (secondary N) is 1. The van der Waals surface area contributed by atoms with Crippen molar-refractivity contribution in [1.82, 2.24) is 0 Å². The molecule has 2 aliphatic carbocycles. The van der Waals surface area contributed by atoms with Gasteiger partial charge in [0.1, 0.15) is 5.76 Å². The van der Waals surface area contributed by atoms with Crippen LogP contribution in [-0.2, 0) is 4.79 Å². The number of amides is 1. The summed E-state index contributed by atoms with van der Waals surface area (Å²) in [6, 6.07) is 17.8. The molecule has 4 rings (SSSR count). The Hall–Kier alpha value is -3.73. The fourth-order valence-corrected chi connectivity index (χ4v) is 4.27. The van der Waals surface area contributed by atoms with Gasteiger partial charge in [-0.25, -0.2) is 0 Å². The van der Waals surface area contributed by atoms with Gasteiger partial charge in [-0.1, -0.05) is 68.5 Å². The molecule has 0 atom stereocenters. The SMILES string of the molecule is CC1(C)C2=CCCC(C(=O)Nc3ccc(-c4ccccc4)cc3)=C1C=CC(O)=C2N=O. The minimum atomic E-state index is -0.634. The van der Waals surface area contributed by atoms with Gasteiger partial charge in [-0.2, -0.15) is 0 Å². The predicted octanol–water partition coefficient (Wildman–Crippen LogP) is 6.44. The Labute approximate surface area is 181 Å². The van der Waals surface area contributed by atoms with Crippen molar-refractivity contribution < 1.29 is 9.90 Å². The summed E-state index contributed by atoms with van der Waals surface area (Å²) in [6.45, 7) is 3.88. The Morgan fingerprint density at radius 3 is 2.35 bits per heavy atom. The number of carbonyl (C=O) groups excluding carboxylic acids is 1. The molecule has 2 bridgehead atoms. The van der Waals surface area contributed by atoms with Gasteiger partial charge in [-0.3, -0.25) is 4.79 Å². The summed E-state index contributed by atoms with van der Waals surface area (Å²) in [5.41, 5.74) is 4.37. The average Bonchev–Trinajstić information content (AvgIpc) is 2.96. The normalized spacial score (nSPS) is 17.5. The molecular formula is C26H24N2O3. The predicted molar refractivity (Wildman–Crippen MR) is 123 cm³/mol. The highest BCUT2D eigenvalue weighted by Gasteiger charge is 2.37. The van der Waals surface area contributed by atoms with Crippen LogP contribution in [0.3, 0.4) is 0 Å². The number of allylic oxidation sites excluding steroid dienone is 5. The number of nitroso groups, excluding NO2 is 1. The van der Waals surface area contributed by atoms with E-state index in [4.69, 9.17) is 0 Å². The molecule has 31 heavy (non-hydrogen) atoms. The number of nitrogens with zero attached hydrogens (tertiary/aromatic N) is 1. The van der Waals surface area contributed by atoms with Crippen molar-refractivity contribution >= 4 is 11.6 Å². The monoisotopic (exact) mass is 412 g/mol. The molecule has 5 heteroatoms. The van der Waals surface area contributed by atoms with Crippen LogP contribution in [0.4, 0.5) is 5.69 Å². The average molecular weight is 412 g/mol. The summed E-state index contributed by atoms with van der Waals surface area (Å²) in [5, 5.41) is 16.3. The molecule has 2 aromatic carbocycles. The fourth-order valence-electron chi connectivity index (χ4n) is 4.27. The molecule has 0 spiro atoms.